The van der Waals surface area contributed by atoms with Gasteiger partial charge in [0.1, 0.15) is 0 Å². The molecule has 0 saturated carbocycles. The summed E-state index contributed by atoms with van der Waals surface area (Å²) in [5.74, 6) is -0.647. The maximum absolute atomic E-state index is 10.3. The summed E-state index contributed by atoms with van der Waals surface area (Å²) in [5.41, 5.74) is 0. The van der Waals surface area contributed by atoms with Crippen LogP contribution >= 0.6 is 0 Å². The van der Waals surface area contributed by atoms with E-state index in [-0.39, 0.29) is 0 Å². The number of rotatable bonds is 30. The lowest BCUT2D eigenvalue weighted by atomic mass is 9.97. The highest BCUT2D eigenvalue weighted by Crippen LogP contribution is 2.21. The Labute approximate surface area is 245 Å². The van der Waals surface area contributed by atoms with E-state index in [1.54, 1.807) is 0 Å². The lowest BCUT2D eigenvalue weighted by molar-refractivity contribution is -0.172. The van der Waals surface area contributed by atoms with Gasteiger partial charge >= 0.3 is 0 Å². The number of hydrogen-bond acceptors (Lipinski definition) is 2. The van der Waals surface area contributed by atoms with Crippen molar-refractivity contribution in [3.05, 3.63) is 36.5 Å². The molecule has 2 nitrogen and oxygen atoms in total. The second kappa shape index (κ2) is 30.1. The summed E-state index contributed by atoms with van der Waals surface area (Å²) in [4.78, 5) is 0. The molecule has 0 saturated heterocycles. The van der Waals surface area contributed by atoms with Crippen LogP contribution in [0, 0.1) is 5.92 Å². The largest absolute Gasteiger partial charge is 0.366 e. The number of hydrogen-bond donors (Lipinski definition) is 2. The maximum Gasteiger partial charge on any atom is 0.162 e. The van der Waals surface area contributed by atoms with Gasteiger partial charge < -0.3 is 10.2 Å². The van der Waals surface area contributed by atoms with Gasteiger partial charge in [-0.1, -0.05) is 147 Å². The van der Waals surface area contributed by atoms with E-state index >= 15 is 0 Å². The Bertz CT molecular complexity index is 560. The van der Waals surface area contributed by atoms with Crippen LogP contribution < -0.4 is 0 Å². The highest BCUT2D eigenvalue weighted by molar-refractivity contribution is 4.92. The zero-order chi connectivity index (χ0) is 28.7. The first kappa shape index (κ1) is 38.1. The van der Waals surface area contributed by atoms with Crippen LogP contribution in [0.1, 0.15) is 188 Å². The second-order valence-electron chi connectivity index (χ2n) is 12.3. The molecule has 0 fully saturated rings. The molecule has 0 radical (unpaired) electrons. The van der Waals surface area contributed by atoms with Gasteiger partial charge in [-0.05, 0) is 70.1 Å². The first-order valence-corrected chi connectivity index (χ1v) is 17.4. The van der Waals surface area contributed by atoms with Crippen molar-refractivity contribution in [3.8, 4) is 0 Å². The molecule has 0 aliphatic carbocycles. The molecule has 1 unspecified atom stereocenters. The van der Waals surface area contributed by atoms with E-state index in [1.807, 2.05) is 0 Å². The lowest BCUT2D eigenvalue weighted by Gasteiger charge is -2.21. The predicted octanol–water partition coefficient (Wildman–Crippen LogP) is 12.2. The van der Waals surface area contributed by atoms with Crippen LogP contribution in [0.15, 0.2) is 36.5 Å². The van der Waals surface area contributed by atoms with Gasteiger partial charge in [0.15, 0.2) is 5.79 Å². The topological polar surface area (TPSA) is 40.5 Å². The Morgan fingerprint density at radius 2 is 0.897 bits per heavy atom. The summed E-state index contributed by atoms with van der Waals surface area (Å²) in [7, 11) is 0. The zero-order valence-corrected chi connectivity index (χ0v) is 26.8. The minimum Gasteiger partial charge on any atom is -0.366 e. The van der Waals surface area contributed by atoms with Crippen LogP contribution in [0.2, 0.25) is 0 Å². The Kier molecular flexibility index (Phi) is 29.4. The molecule has 0 aromatic heterocycles. The summed E-state index contributed by atoms with van der Waals surface area (Å²) in [5, 5.41) is 20.6. The molecule has 2 N–H and O–H groups in total. The zero-order valence-electron chi connectivity index (χ0n) is 26.8. The third kappa shape index (κ3) is 31.5. The first-order valence-electron chi connectivity index (χ1n) is 17.4. The minimum absolute atomic E-state index is 0.534. The molecule has 230 valence electrons. The molecule has 0 heterocycles. The molecule has 2 heteroatoms. The molecule has 0 spiro atoms. The molecular weight excluding hydrogens is 476 g/mol. The van der Waals surface area contributed by atoms with Gasteiger partial charge in [0.05, 0.1) is 0 Å². The van der Waals surface area contributed by atoms with Crippen molar-refractivity contribution in [3.63, 3.8) is 0 Å². The van der Waals surface area contributed by atoms with Crippen LogP contribution in [-0.2, 0) is 0 Å². The molecule has 0 bridgehead atoms. The van der Waals surface area contributed by atoms with Crippen molar-refractivity contribution in [2.24, 2.45) is 5.92 Å². The second-order valence-corrected chi connectivity index (χ2v) is 12.3. The van der Waals surface area contributed by atoms with Crippen molar-refractivity contribution in [2.75, 3.05) is 0 Å². The van der Waals surface area contributed by atoms with Gasteiger partial charge in [-0.25, -0.2) is 0 Å². The van der Waals surface area contributed by atoms with Crippen LogP contribution in [0.25, 0.3) is 0 Å². The fraction of sp³-hybridized carbons (Fsp3) is 0.838. The maximum atomic E-state index is 10.3. The van der Waals surface area contributed by atoms with E-state index in [0.717, 1.165) is 38.0 Å². The Morgan fingerprint density at radius 3 is 1.41 bits per heavy atom. The predicted molar refractivity (Wildman–Crippen MR) is 175 cm³/mol. The molecule has 1 atom stereocenters. The Hall–Kier alpha value is -0.860. The molecule has 0 rings (SSSR count). The third-order valence-electron chi connectivity index (χ3n) is 7.98. The Balaban J connectivity index is 3.46. The summed E-state index contributed by atoms with van der Waals surface area (Å²) in [6.07, 6.45) is 44.7. The van der Waals surface area contributed by atoms with Crippen molar-refractivity contribution in [1.82, 2.24) is 0 Å². The lowest BCUT2D eigenvalue weighted by Crippen LogP contribution is -2.27. The van der Waals surface area contributed by atoms with Crippen molar-refractivity contribution in [2.45, 2.75) is 193 Å². The smallest absolute Gasteiger partial charge is 0.162 e. The van der Waals surface area contributed by atoms with Gasteiger partial charge in [-0.2, -0.15) is 0 Å². The van der Waals surface area contributed by atoms with Gasteiger partial charge in [-0.15, -0.1) is 0 Å². The van der Waals surface area contributed by atoms with Crippen LogP contribution in [0.5, 0.6) is 0 Å². The van der Waals surface area contributed by atoms with E-state index in [1.165, 1.54) is 122 Å². The van der Waals surface area contributed by atoms with Crippen LogP contribution in [0.3, 0.4) is 0 Å². The van der Waals surface area contributed by atoms with E-state index in [0.29, 0.717) is 12.8 Å². The molecular formula is C37H70O2. The van der Waals surface area contributed by atoms with Crippen molar-refractivity contribution in [1.29, 1.82) is 0 Å². The number of unbranched alkanes of at least 4 members (excludes halogenated alkanes) is 17. The van der Waals surface area contributed by atoms with E-state index in [9.17, 15) is 10.2 Å². The highest BCUT2D eigenvalue weighted by Gasteiger charge is 2.21. The molecule has 39 heavy (non-hydrogen) atoms. The number of allylic oxidation sites excluding steroid dienone is 6. The standard InChI is InChI=1S/C37H70O2/c1-4-6-8-10-12-13-14-15-16-17-18-19-20-22-26-30-34-37(38,39)35-31-27-23-21-25-29-33-36(3)32-28-24-11-9-7-5-2/h12-13,15-16,24,28,36,38-39H,4-11,14,17-23,25-27,29-35H2,1-3H3/b13-12-,16-15-,28-24-. The van der Waals surface area contributed by atoms with Gasteiger partial charge in [0.2, 0.25) is 0 Å². The highest BCUT2D eigenvalue weighted by atomic mass is 16.5. The van der Waals surface area contributed by atoms with Gasteiger partial charge in [0.25, 0.3) is 0 Å². The monoisotopic (exact) mass is 547 g/mol. The quantitative estimate of drug-likeness (QED) is 0.0534. The average Bonchev–Trinajstić information content (AvgIpc) is 2.91. The molecule has 0 aromatic carbocycles. The van der Waals surface area contributed by atoms with Crippen LogP contribution in [0.4, 0.5) is 0 Å². The fourth-order valence-corrected chi connectivity index (χ4v) is 5.21. The average molecular weight is 547 g/mol. The molecule has 0 aliphatic heterocycles. The molecule has 0 aliphatic rings. The third-order valence-corrected chi connectivity index (χ3v) is 7.98. The van der Waals surface area contributed by atoms with E-state index in [4.69, 9.17) is 0 Å². The van der Waals surface area contributed by atoms with Gasteiger partial charge in [-0.3, -0.25) is 0 Å². The van der Waals surface area contributed by atoms with Crippen molar-refractivity contribution >= 4 is 0 Å². The molecule has 0 amide bonds. The van der Waals surface area contributed by atoms with E-state index < -0.39 is 5.79 Å². The summed E-state index contributed by atoms with van der Waals surface area (Å²) in [6.45, 7) is 6.90. The van der Waals surface area contributed by atoms with E-state index in [2.05, 4.69) is 57.2 Å². The summed E-state index contributed by atoms with van der Waals surface area (Å²) in [6, 6.07) is 0. The number of aliphatic hydroxyl groups is 2. The molecule has 0 aromatic rings. The SMILES string of the molecule is CCCCC/C=C\C/C=C\CCCCCCCCC(O)(O)CCCCCCCCC(C)C/C=C\CCCCC. The fourth-order valence-electron chi connectivity index (χ4n) is 5.21. The first-order chi connectivity index (χ1) is 19.0. The van der Waals surface area contributed by atoms with Crippen molar-refractivity contribution < 1.29 is 10.2 Å². The summed E-state index contributed by atoms with van der Waals surface area (Å²) >= 11 is 0. The minimum atomic E-state index is -1.45. The normalized spacial score (nSPS) is 13.5. The van der Waals surface area contributed by atoms with Crippen LogP contribution in [-0.4, -0.2) is 16.0 Å². The van der Waals surface area contributed by atoms with Gasteiger partial charge in [0, 0.05) is 12.8 Å². The summed E-state index contributed by atoms with van der Waals surface area (Å²) < 4.78 is 0. The Morgan fingerprint density at radius 1 is 0.487 bits per heavy atom.